The molecule has 0 spiro atoms. The zero-order valence-electron chi connectivity index (χ0n) is 1.22. The van der Waals surface area contributed by atoms with Crippen molar-refractivity contribution in [2.75, 3.05) is 0 Å². The van der Waals surface area contributed by atoms with Crippen molar-refractivity contribution >= 4 is 52.1 Å². The van der Waals surface area contributed by atoms with Gasteiger partial charge in [-0.1, -0.05) is 0 Å². The third-order valence-corrected chi connectivity index (χ3v) is 0. The maximum absolute atomic E-state index is 0. The van der Waals surface area contributed by atoms with E-state index in [9.17, 15) is 0 Å². The van der Waals surface area contributed by atoms with Crippen molar-refractivity contribution in [3.05, 3.63) is 0 Å². The van der Waals surface area contributed by atoms with E-state index in [1.807, 2.05) is 0 Å². The van der Waals surface area contributed by atoms with Crippen LogP contribution in [0, 0.1) is 0 Å². The number of hydrogen-bond donors (Lipinski definition) is 0. The summed E-state index contributed by atoms with van der Waals surface area (Å²) >= 11 is 0. The third-order valence-electron chi connectivity index (χ3n) is 0. The van der Waals surface area contributed by atoms with Gasteiger partial charge in [-0.2, -0.15) is 0 Å². The van der Waals surface area contributed by atoms with E-state index in [2.05, 4.69) is 0 Å². The van der Waals surface area contributed by atoms with E-state index in [1.165, 1.54) is 0 Å². The van der Waals surface area contributed by atoms with Crippen molar-refractivity contribution in [1.82, 2.24) is 0 Å². The molecule has 0 bridgehead atoms. The zero-order chi connectivity index (χ0) is 0. The third kappa shape index (κ3) is 25.4. The van der Waals surface area contributed by atoms with E-state index in [4.69, 9.17) is 0 Å². The SMILES string of the molecule is [AlH3].[AlH3].[AlH3].[Mo].[Mo].[Mo]. The quantitative estimate of drug-likeness (QED) is 0.383. The van der Waals surface area contributed by atoms with Crippen LogP contribution in [0.25, 0.3) is 0 Å². The van der Waals surface area contributed by atoms with E-state index in [0.717, 1.165) is 0 Å². The summed E-state index contributed by atoms with van der Waals surface area (Å²) in [6, 6.07) is 0. The summed E-state index contributed by atoms with van der Waals surface area (Å²) in [5.41, 5.74) is 0. The van der Waals surface area contributed by atoms with Crippen LogP contribution in [0.15, 0.2) is 0 Å². The predicted octanol–water partition coefficient (Wildman–Crippen LogP) is -3.56. The minimum atomic E-state index is 0. The van der Waals surface area contributed by atoms with Gasteiger partial charge in [0.2, 0.25) is 0 Å². The molecule has 0 aromatic heterocycles. The van der Waals surface area contributed by atoms with Gasteiger partial charge in [-0.15, -0.1) is 0 Å². The van der Waals surface area contributed by atoms with Gasteiger partial charge in [-0.25, -0.2) is 0 Å². The average Bonchev–Trinajstić information content (AvgIpc) is 0. The van der Waals surface area contributed by atoms with Gasteiger partial charge in [0, 0.05) is 63.2 Å². The standard InChI is InChI=1S/3Al.3Mo.9H. The van der Waals surface area contributed by atoms with Crippen molar-refractivity contribution in [1.29, 1.82) is 0 Å². The summed E-state index contributed by atoms with van der Waals surface area (Å²) in [5.74, 6) is 0. The van der Waals surface area contributed by atoms with E-state index in [-0.39, 0.29) is 115 Å². The fourth-order valence-corrected chi connectivity index (χ4v) is 0. The maximum Gasteiger partial charge on any atom is 0.187 e. The van der Waals surface area contributed by atoms with Crippen LogP contribution >= 0.6 is 0 Å². The molecule has 0 radical (unpaired) electrons. The first-order valence-corrected chi connectivity index (χ1v) is 0. The van der Waals surface area contributed by atoms with Gasteiger partial charge in [0.1, 0.15) is 0 Å². The molecule has 0 heterocycles. The van der Waals surface area contributed by atoms with Gasteiger partial charge >= 0.3 is 0 Å². The Bertz CT molecular complexity index is 6.00. The molecule has 6 heavy (non-hydrogen) atoms. The largest absolute Gasteiger partial charge is 0.187 e. The van der Waals surface area contributed by atoms with Crippen molar-refractivity contribution < 1.29 is 63.2 Å². The van der Waals surface area contributed by atoms with Crippen LogP contribution in [0.4, 0.5) is 0 Å². The van der Waals surface area contributed by atoms with Crippen molar-refractivity contribution in [3.63, 3.8) is 0 Å². The monoisotopic (exact) mass is 384 g/mol. The molecule has 0 N–H and O–H groups in total. The second kappa shape index (κ2) is 37.9. The van der Waals surface area contributed by atoms with Gasteiger partial charge in [-0.3, -0.25) is 0 Å². The fraction of sp³-hybridized carbons (Fsp3) is 0. The Balaban J connectivity index is 0. The Kier molecular flexibility index (Phi) is 342. The van der Waals surface area contributed by atoms with Crippen LogP contribution in [-0.4, -0.2) is 52.1 Å². The molecule has 36 valence electrons. The van der Waals surface area contributed by atoms with Gasteiger partial charge in [0.05, 0.1) is 0 Å². The molecule has 0 aliphatic carbocycles. The number of rotatable bonds is 0. The molecule has 0 saturated carbocycles. The topological polar surface area (TPSA) is 0 Å². The maximum atomic E-state index is 0. The summed E-state index contributed by atoms with van der Waals surface area (Å²) in [7, 11) is 0. The molecule has 0 aromatic rings. The Labute approximate surface area is 113 Å². The first-order valence-electron chi connectivity index (χ1n) is 0. The second-order valence-corrected chi connectivity index (χ2v) is 0. The average molecular weight is 378 g/mol. The molecule has 0 aromatic carbocycles. The van der Waals surface area contributed by atoms with Crippen LogP contribution < -0.4 is 0 Å². The fourth-order valence-electron chi connectivity index (χ4n) is 0. The first-order chi connectivity index (χ1) is 0. The molecule has 0 aliphatic heterocycles. The summed E-state index contributed by atoms with van der Waals surface area (Å²) in [6.07, 6.45) is 0. The molecule has 0 amide bonds. The smallest absolute Gasteiger partial charge is 0 e. The van der Waals surface area contributed by atoms with Gasteiger partial charge in [0.25, 0.3) is 0 Å². The van der Waals surface area contributed by atoms with Crippen LogP contribution in [0.2, 0.25) is 0 Å². The predicted molar refractivity (Wildman–Crippen MR) is 29.8 cm³/mol. The Morgan fingerprint density at radius 1 is 0.333 bits per heavy atom. The normalized spacial score (nSPS) is 0. The summed E-state index contributed by atoms with van der Waals surface area (Å²) in [6.45, 7) is 0. The van der Waals surface area contributed by atoms with E-state index in [0.29, 0.717) is 0 Å². The molecule has 0 rings (SSSR count). The minimum absolute atomic E-state index is 0. The molecule has 6 heteroatoms. The molecular formula is H9Al3Mo3. The van der Waals surface area contributed by atoms with Crippen LogP contribution in [0.5, 0.6) is 0 Å². The minimum Gasteiger partial charge on any atom is 0 e. The molecule has 0 atom stereocenters. The summed E-state index contributed by atoms with van der Waals surface area (Å²) in [5, 5.41) is 0. The van der Waals surface area contributed by atoms with Gasteiger partial charge in [0.15, 0.2) is 52.1 Å². The first kappa shape index (κ1) is 54.1. The Hall–Kier alpha value is 3.66. The van der Waals surface area contributed by atoms with E-state index >= 15 is 0 Å². The molecular weight excluding hydrogens is 369 g/mol. The Morgan fingerprint density at radius 3 is 0.333 bits per heavy atom. The Morgan fingerprint density at radius 2 is 0.333 bits per heavy atom. The second-order valence-electron chi connectivity index (χ2n) is 0. The summed E-state index contributed by atoms with van der Waals surface area (Å²) < 4.78 is 0. The van der Waals surface area contributed by atoms with Crippen LogP contribution in [0.3, 0.4) is 0 Å². The van der Waals surface area contributed by atoms with E-state index < -0.39 is 0 Å². The molecule has 0 nitrogen and oxygen atoms in total. The van der Waals surface area contributed by atoms with Crippen LogP contribution in [-0.2, 0) is 63.2 Å². The van der Waals surface area contributed by atoms with E-state index in [1.54, 1.807) is 0 Å². The van der Waals surface area contributed by atoms with Crippen LogP contribution in [0.1, 0.15) is 0 Å². The molecule has 0 fully saturated rings. The van der Waals surface area contributed by atoms with Gasteiger partial charge < -0.3 is 0 Å². The zero-order valence-corrected chi connectivity index (χ0v) is 7.25. The van der Waals surface area contributed by atoms with Gasteiger partial charge in [-0.05, 0) is 0 Å². The number of hydrogen-bond acceptors (Lipinski definition) is 0. The summed E-state index contributed by atoms with van der Waals surface area (Å²) in [4.78, 5) is 0. The van der Waals surface area contributed by atoms with Crippen molar-refractivity contribution in [3.8, 4) is 0 Å². The molecule has 0 saturated heterocycles. The van der Waals surface area contributed by atoms with Crippen molar-refractivity contribution in [2.45, 2.75) is 0 Å². The molecule has 0 aliphatic rings. The molecule has 0 unspecified atom stereocenters. The van der Waals surface area contributed by atoms with Crippen molar-refractivity contribution in [2.24, 2.45) is 0 Å².